The van der Waals surface area contributed by atoms with E-state index in [0.717, 1.165) is 12.1 Å². The van der Waals surface area contributed by atoms with Gasteiger partial charge in [-0.1, -0.05) is 37.6 Å². The van der Waals surface area contributed by atoms with Crippen molar-refractivity contribution in [2.75, 3.05) is 5.32 Å². The lowest BCUT2D eigenvalue weighted by Gasteiger charge is -2.37. The number of hydrogen-bond donors (Lipinski definition) is 2. The highest BCUT2D eigenvalue weighted by atomic mass is 35.5. The van der Waals surface area contributed by atoms with Crippen molar-refractivity contribution in [2.24, 2.45) is 4.99 Å². The van der Waals surface area contributed by atoms with E-state index in [2.05, 4.69) is 10.3 Å². The lowest BCUT2D eigenvalue weighted by Crippen LogP contribution is -2.57. The smallest absolute Gasteiger partial charge is 0.373 e. The Morgan fingerprint density at radius 2 is 1.94 bits per heavy atom. The van der Waals surface area contributed by atoms with Gasteiger partial charge in [0.05, 0.1) is 11.4 Å². The predicted octanol–water partition coefficient (Wildman–Crippen LogP) is 4.27. The summed E-state index contributed by atoms with van der Waals surface area (Å²) in [6.07, 6.45) is -4.02. The van der Waals surface area contributed by atoms with Gasteiger partial charge in [0, 0.05) is 22.3 Å². The lowest BCUT2D eigenvalue weighted by molar-refractivity contribution is -0.254. The molecule has 0 saturated heterocycles. The van der Waals surface area contributed by atoms with Gasteiger partial charge in [-0.15, -0.1) is 0 Å². The number of fused-ring (bicyclic) bond motifs is 1. The molecule has 2 unspecified atom stereocenters. The Morgan fingerprint density at radius 3 is 2.59 bits per heavy atom. The number of alkyl halides is 3. The minimum absolute atomic E-state index is 0.0115. The highest BCUT2D eigenvalue weighted by Gasteiger charge is 2.61. The second-order valence-electron chi connectivity index (χ2n) is 8.65. The first-order chi connectivity index (χ1) is 14.7. The first-order valence-corrected chi connectivity index (χ1v) is 10.4. The van der Waals surface area contributed by atoms with Crippen LogP contribution in [-0.2, 0) is 10.2 Å². The Kier molecular flexibility index (Phi) is 6.41. The molecule has 172 valence electrons. The van der Waals surface area contributed by atoms with Gasteiger partial charge < -0.3 is 10.4 Å². The summed E-state index contributed by atoms with van der Waals surface area (Å²) in [5.41, 5.74) is -5.08. The van der Waals surface area contributed by atoms with Crippen LogP contribution >= 0.6 is 11.6 Å². The largest absolute Gasteiger partial charge is 0.426 e. The maximum atomic E-state index is 14.0. The van der Waals surface area contributed by atoms with Gasteiger partial charge in [0.1, 0.15) is 5.82 Å². The maximum Gasteiger partial charge on any atom is 0.426 e. The molecule has 9 heteroatoms. The van der Waals surface area contributed by atoms with Crippen molar-refractivity contribution >= 4 is 29.3 Å². The summed E-state index contributed by atoms with van der Waals surface area (Å²) < 4.78 is 55.8. The van der Waals surface area contributed by atoms with Crippen LogP contribution in [0.15, 0.2) is 41.4 Å². The number of nitrogens with zero attached hydrogens (tertiary/aromatic N) is 1. The second-order valence-corrected chi connectivity index (χ2v) is 9.06. The third kappa shape index (κ3) is 4.66. The van der Waals surface area contributed by atoms with Crippen LogP contribution in [0.3, 0.4) is 0 Å². The second kappa shape index (κ2) is 8.48. The normalized spacial score (nSPS) is 18.1. The molecule has 0 bridgehead atoms. The van der Waals surface area contributed by atoms with E-state index in [1.807, 2.05) is 6.92 Å². The molecule has 0 aromatic heterocycles. The van der Waals surface area contributed by atoms with Crippen molar-refractivity contribution in [1.82, 2.24) is 0 Å². The first-order valence-electron chi connectivity index (χ1n) is 9.98. The van der Waals surface area contributed by atoms with Crippen molar-refractivity contribution in [3.8, 4) is 0 Å². The molecule has 4 nitrogen and oxygen atoms in total. The zero-order chi connectivity index (χ0) is 23.9. The van der Waals surface area contributed by atoms with Crippen LogP contribution in [0.4, 0.5) is 23.2 Å². The fraction of sp³-hybridized carbons (Fsp3) is 0.391. The van der Waals surface area contributed by atoms with E-state index in [4.69, 9.17) is 11.6 Å². The van der Waals surface area contributed by atoms with Crippen molar-refractivity contribution in [2.45, 2.75) is 56.8 Å². The molecular weight excluding hydrogens is 448 g/mol. The molecule has 2 aromatic carbocycles. The standard InChI is InChI=1S/C23H23ClF4N2O2/c1-13-7-9-15-18(29-13)5-4-6-19(15)30-20(31)22(32,23(26,27)28)12-21(2,3)16-11-14(25)8-10-17(16)24/h4-6,8-11,13,32H,7,12H2,1-3H3,(H,30,31). The predicted molar refractivity (Wildman–Crippen MR) is 114 cm³/mol. The quantitative estimate of drug-likeness (QED) is 0.641. The van der Waals surface area contributed by atoms with Crippen LogP contribution in [0, 0.1) is 5.82 Å². The molecule has 0 fully saturated rings. The van der Waals surface area contributed by atoms with E-state index in [9.17, 15) is 27.5 Å². The van der Waals surface area contributed by atoms with Crippen LogP contribution in [0.2, 0.25) is 5.02 Å². The minimum atomic E-state index is -5.30. The Labute approximate surface area is 187 Å². The third-order valence-corrected chi connectivity index (χ3v) is 5.88. The first kappa shape index (κ1) is 24.2. The molecule has 1 amide bonds. The number of nitrogens with one attached hydrogen (secondary N) is 1. The Bertz CT molecular complexity index is 1160. The van der Waals surface area contributed by atoms with Crippen LogP contribution in [0.1, 0.15) is 39.2 Å². The Balaban J connectivity index is 2.00. The van der Waals surface area contributed by atoms with Crippen molar-refractivity contribution < 1.29 is 27.5 Å². The zero-order valence-electron chi connectivity index (χ0n) is 17.7. The number of anilines is 1. The summed E-state index contributed by atoms with van der Waals surface area (Å²) in [5, 5.41) is 14.0. The number of rotatable bonds is 5. The number of carbonyl (C=O) groups excluding carboxylic acids is 1. The third-order valence-electron chi connectivity index (χ3n) is 5.55. The fourth-order valence-electron chi connectivity index (χ4n) is 3.85. The van der Waals surface area contributed by atoms with E-state index in [0.29, 0.717) is 17.0 Å². The SMILES string of the molecule is CC1CC=c2c(NC(=O)C(O)(CC(C)(C)c3cc(F)ccc3Cl)C(F)(F)F)cccc2=N1. The molecular formula is C23H23ClF4N2O2. The summed E-state index contributed by atoms with van der Waals surface area (Å²) in [7, 11) is 0. The van der Waals surface area contributed by atoms with Gasteiger partial charge >= 0.3 is 6.18 Å². The van der Waals surface area contributed by atoms with E-state index in [-0.39, 0.29) is 22.3 Å². The summed E-state index contributed by atoms with van der Waals surface area (Å²) in [6.45, 7) is 4.61. The van der Waals surface area contributed by atoms with E-state index in [1.54, 1.807) is 18.2 Å². The molecule has 2 atom stereocenters. The minimum Gasteiger partial charge on any atom is -0.373 e. The number of halogens is 5. The van der Waals surface area contributed by atoms with Gasteiger partial charge in [-0.05, 0) is 54.7 Å². The van der Waals surface area contributed by atoms with Gasteiger partial charge in [0.15, 0.2) is 0 Å². The van der Waals surface area contributed by atoms with Gasteiger partial charge in [-0.3, -0.25) is 9.79 Å². The monoisotopic (exact) mass is 470 g/mol. The molecule has 32 heavy (non-hydrogen) atoms. The van der Waals surface area contributed by atoms with Crippen molar-refractivity contribution in [3.63, 3.8) is 0 Å². The molecule has 0 radical (unpaired) electrons. The molecule has 1 aliphatic rings. The summed E-state index contributed by atoms with van der Waals surface area (Å²) in [6, 6.07) is 8.02. The fourth-order valence-corrected chi connectivity index (χ4v) is 4.23. The molecule has 3 rings (SSSR count). The van der Waals surface area contributed by atoms with Gasteiger partial charge in [-0.2, -0.15) is 13.2 Å². The highest BCUT2D eigenvalue weighted by molar-refractivity contribution is 6.31. The van der Waals surface area contributed by atoms with Crippen molar-refractivity contribution in [3.05, 3.63) is 63.4 Å². The zero-order valence-corrected chi connectivity index (χ0v) is 18.5. The molecule has 0 spiro atoms. The number of benzene rings is 2. The Hall–Kier alpha value is -2.45. The molecule has 0 saturated carbocycles. The molecule has 1 aliphatic heterocycles. The number of aliphatic hydroxyl groups is 1. The summed E-state index contributed by atoms with van der Waals surface area (Å²) in [5.74, 6) is -2.33. The summed E-state index contributed by atoms with van der Waals surface area (Å²) in [4.78, 5) is 17.3. The van der Waals surface area contributed by atoms with Crippen LogP contribution in [0.25, 0.3) is 6.08 Å². The number of carbonyl (C=O) groups is 1. The van der Waals surface area contributed by atoms with Crippen molar-refractivity contribution in [1.29, 1.82) is 0 Å². The Morgan fingerprint density at radius 1 is 1.25 bits per heavy atom. The number of hydrogen-bond acceptors (Lipinski definition) is 3. The lowest BCUT2D eigenvalue weighted by atomic mass is 9.74. The average Bonchev–Trinajstić information content (AvgIpc) is 2.68. The highest BCUT2D eigenvalue weighted by Crippen LogP contribution is 2.43. The van der Waals surface area contributed by atoms with E-state index < -0.39 is 35.3 Å². The molecule has 1 heterocycles. The molecule has 0 aliphatic carbocycles. The van der Waals surface area contributed by atoms with Crippen LogP contribution in [0.5, 0.6) is 0 Å². The topological polar surface area (TPSA) is 61.7 Å². The van der Waals surface area contributed by atoms with Crippen LogP contribution < -0.4 is 15.9 Å². The van der Waals surface area contributed by atoms with Gasteiger partial charge in [-0.25, -0.2) is 4.39 Å². The van der Waals surface area contributed by atoms with E-state index >= 15 is 0 Å². The molecule has 2 N–H and O–H groups in total. The van der Waals surface area contributed by atoms with E-state index in [1.165, 1.54) is 26.0 Å². The van der Waals surface area contributed by atoms with Gasteiger partial charge in [0.25, 0.3) is 5.91 Å². The maximum absolute atomic E-state index is 14.0. The average molecular weight is 471 g/mol. The summed E-state index contributed by atoms with van der Waals surface area (Å²) >= 11 is 6.08. The molecule has 2 aromatic rings. The number of amides is 1. The van der Waals surface area contributed by atoms with Gasteiger partial charge in [0.2, 0.25) is 5.60 Å². The van der Waals surface area contributed by atoms with Crippen LogP contribution in [-0.4, -0.2) is 28.8 Å².